The monoisotopic (exact) mass is 243 g/mol. The molecule has 78 valence electrons. The fourth-order valence-corrected chi connectivity index (χ4v) is 0.763. The third kappa shape index (κ3) is 3.86. The Morgan fingerprint density at radius 3 is 2.21 bits per heavy atom. The first-order valence-corrected chi connectivity index (χ1v) is 3.12. The molecule has 1 nitrogen and oxygen atoms in total. The van der Waals surface area contributed by atoms with Gasteiger partial charge in [0, 0.05) is 12.1 Å². The van der Waals surface area contributed by atoms with Crippen molar-refractivity contribution >= 4 is 18.1 Å². The topological polar surface area (TPSA) is 4.36 Å². The van der Waals surface area contributed by atoms with Gasteiger partial charge in [0.1, 0.15) is 0 Å². The van der Waals surface area contributed by atoms with Gasteiger partial charge in [-0.1, -0.05) is 6.07 Å². The molecule has 0 N–H and O–H groups in total. The third-order valence-electron chi connectivity index (χ3n) is 1.32. The minimum absolute atomic E-state index is 0. The summed E-state index contributed by atoms with van der Waals surface area (Å²) in [4.78, 5) is 3.14. The molecule has 14 heavy (non-hydrogen) atoms. The van der Waals surface area contributed by atoms with Gasteiger partial charge in [-0.05, 0) is 10.9 Å². The molecule has 6 heteroatoms. The van der Waals surface area contributed by atoms with E-state index in [1.54, 1.807) is 0 Å². The average molecular weight is 244 g/mol. The molecule has 0 spiro atoms. The standard InChI is InChI=1S/C8H5F3N.2ClH/c1-12-7-4-2-3-6(5-7)8(9,10)11;;/h1-5H;2*1H/q+1;;/p-1. The van der Waals surface area contributed by atoms with Gasteiger partial charge in [-0.2, -0.15) is 13.2 Å². The van der Waals surface area contributed by atoms with Crippen LogP contribution in [0.15, 0.2) is 24.3 Å². The van der Waals surface area contributed by atoms with E-state index in [2.05, 4.69) is 4.85 Å². The van der Waals surface area contributed by atoms with Crippen LogP contribution >= 0.6 is 12.4 Å². The SMILES string of the molecule is C#[N+]c1cccc(C(F)(F)F)c1.Cl.[Cl-]. The summed E-state index contributed by atoms with van der Waals surface area (Å²) in [6, 6.07) is 4.51. The van der Waals surface area contributed by atoms with Gasteiger partial charge in [-0.3, -0.25) is 0 Å². The maximum atomic E-state index is 12.0. The van der Waals surface area contributed by atoms with Gasteiger partial charge in [-0.25, -0.2) is 0 Å². The van der Waals surface area contributed by atoms with Gasteiger partial charge in [0.05, 0.1) is 5.56 Å². The van der Waals surface area contributed by atoms with Gasteiger partial charge in [0.15, 0.2) is 0 Å². The highest BCUT2D eigenvalue weighted by atomic mass is 35.5. The summed E-state index contributed by atoms with van der Waals surface area (Å²) in [5, 5.41) is 0. The van der Waals surface area contributed by atoms with Crippen molar-refractivity contribution in [2.24, 2.45) is 0 Å². The van der Waals surface area contributed by atoms with Crippen molar-refractivity contribution in [3.05, 3.63) is 34.7 Å². The van der Waals surface area contributed by atoms with E-state index in [1.807, 2.05) is 0 Å². The minimum atomic E-state index is -4.33. The summed E-state index contributed by atoms with van der Waals surface area (Å²) in [7, 11) is 0. The number of halogens is 5. The van der Waals surface area contributed by atoms with Crippen molar-refractivity contribution in [3.63, 3.8) is 0 Å². The molecule has 0 aliphatic rings. The number of rotatable bonds is 0. The third-order valence-corrected chi connectivity index (χ3v) is 1.32. The number of alkyl halides is 3. The van der Waals surface area contributed by atoms with Gasteiger partial charge < -0.3 is 12.4 Å². The second-order valence-corrected chi connectivity index (χ2v) is 2.18. The average Bonchev–Trinajstić information content (AvgIpc) is 2.03. The Kier molecular flexibility index (Phi) is 6.37. The normalized spacial score (nSPS) is 9.29. The Balaban J connectivity index is 0. The molecule has 0 saturated heterocycles. The molecule has 0 atom stereocenters. The maximum Gasteiger partial charge on any atom is 0.416 e. The van der Waals surface area contributed by atoms with Crippen molar-refractivity contribution in [2.45, 2.75) is 6.18 Å². The van der Waals surface area contributed by atoms with Crippen molar-refractivity contribution in [1.29, 1.82) is 0 Å². The predicted molar refractivity (Wildman–Crippen MR) is 46.7 cm³/mol. The quantitative estimate of drug-likeness (QED) is 0.633. The van der Waals surface area contributed by atoms with E-state index in [0.717, 1.165) is 12.1 Å². The Morgan fingerprint density at radius 1 is 1.21 bits per heavy atom. The van der Waals surface area contributed by atoms with Crippen LogP contribution in [0, 0.1) is 6.57 Å². The fourth-order valence-electron chi connectivity index (χ4n) is 0.763. The van der Waals surface area contributed by atoms with Crippen LogP contribution < -0.4 is 12.4 Å². The Hall–Kier alpha value is -0.920. The molecule has 1 rings (SSSR count). The number of hydrogen-bond donors (Lipinski definition) is 0. The van der Waals surface area contributed by atoms with Crippen LogP contribution in [-0.2, 0) is 6.18 Å². The smallest absolute Gasteiger partial charge is 0.416 e. The van der Waals surface area contributed by atoms with Crippen LogP contribution in [0.5, 0.6) is 0 Å². The molecule has 1 aromatic rings. The van der Waals surface area contributed by atoms with Crippen molar-refractivity contribution in [3.8, 4) is 6.57 Å². The Labute approximate surface area is 91.6 Å². The van der Waals surface area contributed by atoms with E-state index in [4.69, 9.17) is 6.57 Å². The van der Waals surface area contributed by atoms with E-state index >= 15 is 0 Å². The van der Waals surface area contributed by atoms with Gasteiger partial charge >= 0.3 is 11.9 Å². The Morgan fingerprint density at radius 2 is 1.79 bits per heavy atom. The second kappa shape index (κ2) is 5.74. The molecular weight excluding hydrogens is 238 g/mol. The van der Waals surface area contributed by atoms with Crippen LogP contribution in [0.4, 0.5) is 18.9 Å². The van der Waals surface area contributed by atoms with E-state index in [9.17, 15) is 13.2 Å². The van der Waals surface area contributed by atoms with Gasteiger partial charge in [0.25, 0.3) is 6.57 Å². The van der Waals surface area contributed by atoms with E-state index in [-0.39, 0.29) is 30.5 Å². The van der Waals surface area contributed by atoms with Crippen LogP contribution in [0.2, 0.25) is 0 Å². The lowest BCUT2D eigenvalue weighted by atomic mass is 10.2. The zero-order valence-electron chi connectivity index (χ0n) is 6.75. The lowest BCUT2D eigenvalue weighted by Gasteiger charge is -2.03. The number of nitrogens with zero attached hydrogens (tertiary/aromatic N) is 1. The molecule has 0 saturated carbocycles. The summed E-state index contributed by atoms with van der Waals surface area (Å²) in [5.41, 5.74) is -0.626. The van der Waals surface area contributed by atoms with Crippen LogP contribution in [0.25, 0.3) is 4.85 Å². The number of hydrogen-bond acceptors (Lipinski definition) is 0. The van der Waals surface area contributed by atoms with Crippen LogP contribution in [-0.4, -0.2) is 0 Å². The fraction of sp³-hybridized carbons (Fsp3) is 0.125. The zero-order valence-corrected chi connectivity index (χ0v) is 8.33. The molecule has 1 aromatic carbocycles. The molecule has 0 radical (unpaired) electrons. The molecule has 0 amide bonds. The van der Waals surface area contributed by atoms with E-state index in [1.165, 1.54) is 12.1 Å². The van der Waals surface area contributed by atoms with Gasteiger partial charge in [0.2, 0.25) is 0 Å². The second-order valence-electron chi connectivity index (χ2n) is 2.18. The van der Waals surface area contributed by atoms with Crippen molar-refractivity contribution < 1.29 is 25.6 Å². The predicted octanol–water partition coefficient (Wildman–Crippen LogP) is 0.725. The van der Waals surface area contributed by atoms with E-state index in [0.29, 0.717) is 0 Å². The van der Waals surface area contributed by atoms with Crippen molar-refractivity contribution in [2.75, 3.05) is 0 Å². The molecule has 0 heterocycles. The molecule has 0 aliphatic heterocycles. The minimum Gasteiger partial charge on any atom is -1.00 e. The maximum absolute atomic E-state index is 12.0. The molecule has 0 unspecified atom stereocenters. The molecule has 0 fully saturated rings. The summed E-state index contributed by atoms with van der Waals surface area (Å²) >= 11 is 0. The summed E-state index contributed by atoms with van der Waals surface area (Å²) in [5.74, 6) is 0. The van der Waals surface area contributed by atoms with Gasteiger partial charge in [-0.15, -0.1) is 12.4 Å². The van der Waals surface area contributed by atoms with Crippen LogP contribution in [0.1, 0.15) is 5.56 Å². The lowest BCUT2D eigenvalue weighted by Crippen LogP contribution is -3.00. The molecule has 0 bridgehead atoms. The first-order chi connectivity index (χ1) is 5.54. The first-order valence-electron chi connectivity index (χ1n) is 3.12. The number of benzene rings is 1. The summed E-state index contributed by atoms with van der Waals surface area (Å²) in [6.45, 7) is 4.82. The largest absolute Gasteiger partial charge is 1.00 e. The highest BCUT2D eigenvalue weighted by Crippen LogP contribution is 2.31. The Bertz CT molecular complexity index is 330. The molecular formula is C8H6Cl2F3N. The van der Waals surface area contributed by atoms with Crippen molar-refractivity contribution in [1.82, 2.24) is 0 Å². The zero-order chi connectivity index (χ0) is 9.19. The van der Waals surface area contributed by atoms with Crippen LogP contribution in [0.3, 0.4) is 0 Å². The molecule has 0 aromatic heterocycles. The summed E-state index contributed by atoms with van der Waals surface area (Å²) < 4.78 is 36.1. The highest BCUT2D eigenvalue weighted by molar-refractivity contribution is 5.85. The lowest BCUT2D eigenvalue weighted by molar-refractivity contribution is -0.137. The highest BCUT2D eigenvalue weighted by Gasteiger charge is 2.31. The summed E-state index contributed by atoms with van der Waals surface area (Å²) in [6.07, 6.45) is -4.33. The molecule has 0 aliphatic carbocycles. The first kappa shape index (κ1) is 15.5. The van der Waals surface area contributed by atoms with E-state index < -0.39 is 11.7 Å².